The summed E-state index contributed by atoms with van der Waals surface area (Å²) in [6.45, 7) is 0. The molecule has 0 heterocycles. The van der Waals surface area contributed by atoms with Gasteiger partial charge in [-0.3, -0.25) is 10.1 Å². The SMILES string of the molecule is CNc1cc(OC)c([N+](=O)[O-])cc1N. The molecule has 0 radical (unpaired) electrons. The summed E-state index contributed by atoms with van der Waals surface area (Å²) < 4.78 is 4.87. The third-order valence-corrected chi connectivity index (χ3v) is 1.82. The Morgan fingerprint density at radius 3 is 2.64 bits per heavy atom. The Morgan fingerprint density at radius 2 is 2.21 bits per heavy atom. The molecule has 0 fully saturated rings. The Hall–Kier alpha value is -1.98. The second-order valence-corrected chi connectivity index (χ2v) is 2.62. The number of nitro benzene ring substituents is 1. The molecule has 6 nitrogen and oxygen atoms in total. The van der Waals surface area contributed by atoms with Crippen LogP contribution in [0.2, 0.25) is 0 Å². The van der Waals surface area contributed by atoms with Crippen molar-refractivity contribution in [2.45, 2.75) is 0 Å². The molecule has 0 unspecified atom stereocenters. The van der Waals surface area contributed by atoms with Crippen LogP contribution < -0.4 is 15.8 Å². The molecule has 76 valence electrons. The quantitative estimate of drug-likeness (QED) is 0.432. The average molecular weight is 197 g/mol. The van der Waals surface area contributed by atoms with Crippen LogP contribution in [0.25, 0.3) is 0 Å². The predicted octanol–water partition coefficient (Wildman–Crippen LogP) is 1.23. The molecule has 6 heteroatoms. The zero-order chi connectivity index (χ0) is 10.7. The molecule has 0 spiro atoms. The van der Waals surface area contributed by atoms with Crippen LogP contribution in [0.3, 0.4) is 0 Å². The number of hydrogen-bond acceptors (Lipinski definition) is 5. The Morgan fingerprint density at radius 1 is 1.57 bits per heavy atom. The number of hydrogen-bond donors (Lipinski definition) is 2. The number of benzene rings is 1. The van der Waals surface area contributed by atoms with E-state index in [9.17, 15) is 10.1 Å². The van der Waals surface area contributed by atoms with Crippen molar-refractivity contribution in [2.75, 3.05) is 25.2 Å². The normalized spacial score (nSPS) is 9.57. The van der Waals surface area contributed by atoms with Gasteiger partial charge in [-0.05, 0) is 0 Å². The first-order valence-electron chi connectivity index (χ1n) is 3.89. The van der Waals surface area contributed by atoms with Gasteiger partial charge in [-0.2, -0.15) is 0 Å². The molecular formula is C8H11N3O3. The molecule has 0 atom stereocenters. The Labute approximate surface area is 80.8 Å². The number of nitrogens with two attached hydrogens (primary N) is 1. The van der Waals surface area contributed by atoms with Crippen molar-refractivity contribution in [2.24, 2.45) is 0 Å². The van der Waals surface area contributed by atoms with E-state index in [1.807, 2.05) is 0 Å². The topological polar surface area (TPSA) is 90.4 Å². The van der Waals surface area contributed by atoms with Gasteiger partial charge in [-0.25, -0.2) is 0 Å². The van der Waals surface area contributed by atoms with Crippen LogP contribution >= 0.6 is 0 Å². The van der Waals surface area contributed by atoms with E-state index in [1.54, 1.807) is 7.05 Å². The lowest BCUT2D eigenvalue weighted by atomic mass is 10.2. The van der Waals surface area contributed by atoms with E-state index in [0.717, 1.165) is 0 Å². The molecule has 1 rings (SSSR count). The van der Waals surface area contributed by atoms with E-state index >= 15 is 0 Å². The number of nitrogens with zero attached hydrogens (tertiary/aromatic N) is 1. The van der Waals surface area contributed by atoms with Crippen molar-refractivity contribution < 1.29 is 9.66 Å². The van der Waals surface area contributed by atoms with Crippen molar-refractivity contribution in [1.29, 1.82) is 0 Å². The van der Waals surface area contributed by atoms with Gasteiger partial charge in [0.2, 0.25) is 0 Å². The van der Waals surface area contributed by atoms with E-state index in [2.05, 4.69) is 5.32 Å². The summed E-state index contributed by atoms with van der Waals surface area (Å²) >= 11 is 0. The van der Waals surface area contributed by atoms with Crippen molar-refractivity contribution in [3.8, 4) is 5.75 Å². The molecule has 0 aliphatic rings. The van der Waals surface area contributed by atoms with E-state index < -0.39 is 4.92 Å². The van der Waals surface area contributed by atoms with Crippen LogP contribution in [0.4, 0.5) is 17.1 Å². The highest BCUT2D eigenvalue weighted by Crippen LogP contribution is 2.34. The van der Waals surface area contributed by atoms with E-state index in [1.165, 1.54) is 19.2 Å². The lowest BCUT2D eigenvalue weighted by molar-refractivity contribution is -0.385. The van der Waals surface area contributed by atoms with Crippen LogP contribution in [-0.4, -0.2) is 19.1 Å². The fraction of sp³-hybridized carbons (Fsp3) is 0.250. The summed E-state index contributed by atoms with van der Waals surface area (Å²) in [5, 5.41) is 13.4. The second kappa shape index (κ2) is 3.82. The molecule has 0 saturated carbocycles. The molecule has 1 aromatic carbocycles. The van der Waals surface area contributed by atoms with E-state index in [0.29, 0.717) is 11.4 Å². The number of nitrogen functional groups attached to an aromatic ring is 1. The maximum Gasteiger partial charge on any atom is 0.313 e. The van der Waals surface area contributed by atoms with Gasteiger partial charge in [0.15, 0.2) is 5.75 Å². The number of methoxy groups -OCH3 is 1. The number of ether oxygens (including phenoxy) is 1. The number of anilines is 2. The molecule has 3 N–H and O–H groups in total. The second-order valence-electron chi connectivity index (χ2n) is 2.62. The first-order chi connectivity index (χ1) is 6.60. The summed E-state index contributed by atoms with van der Waals surface area (Å²) in [5.74, 6) is 0.188. The minimum Gasteiger partial charge on any atom is -0.490 e. The lowest BCUT2D eigenvalue weighted by Gasteiger charge is -2.07. The van der Waals surface area contributed by atoms with Gasteiger partial charge >= 0.3 is 5.69 Å². The van der Waals surface area contributed by atoms with Crippen molar-refractivity contribution in [1.82, 2.24) is 0 Å². The standard InChI is InChI=1S/C8H11N3O3/c1-10-6-4-8(14-2)7(11(12)13)3-5(6)9/h3-4,10H,9H2,1-2H3. The van der Waals surface area contributed by atoms with Gasteiger partial charge in [-0.1, -0.05) is 0 Å². The monoisotopic (exact) mass is 197 g/mol. The Kier molecular flexibility index (Phi) is 2.76. The number of nitrogens with one attached hydrogen (secondary N) is 1. The molecule has 0 amide bonds. The minimum absolute atomic E-state index is 0.135. The Balaban J connectivity index is 3.31. The third kappa shape index (κ3) is 1.68. The maximum absolute atomic E-state index is 10.6. The number of nitro groups is 1. The van der Waals surface area contributed by atoms with E-state index in [-0.39, 0.29) is 11.4 Å². The van der Waals surface area contributed by atoms with Crippen molar-refractivity contribution >= 4 is 17.1 Å². The molecule has 0 aliphatic heterocycles. The van der Waals surface area contributed by atoms with Crippen molar-refractivity contribution in [3.63, 3.8) is 0 Å². The van der Waals surface area contributed by atoms with Crippen LogP contribution in [0.5, 0.6) is 5.75 Å². The molecule has 0 aliphatic carbocycles. The highest BCUT2D eigenvalue weighted by molar-refractivity contribution is 5.73. The molecule has 0 saturated heterocycles. The summed E-state index contributed by atoms with van der Waals surface area (Å²) in [6, 6.07) is 2.76. The van der Waals surface area contributed by atoms with Gasteiger partial charge in [0.1, 0.15) is 0 Å². The lowest BCUT2D eigenvalue weighted by Crippen LogP contribution is -2.00. The minimum atomic E-state index is -0.533. The fourth-order valence-corrected chi connectivity index (χ4v) is 1.11. The van der Waals surface area contributed by atoms with Gasteiger partial charge in [0.05, 0.1) is 23.4 Å². The summed E-state index contributed by atoms with van der Waals surface area (Å²) in [7, 11) is 3.05. The van der Waals surface area contributed by atoms with Crippen molar-refractivity contribution in [3.05, 3.63) is 22.2 Å². The van der Waals surface area contributed by atoms with Gasteiger partial charge in [0, 0.05) is 19.2 Å². The molecule has 14 heavy (non-hydrogen) atoms. The van der Waals surface area contributed by atoms with Gasteiger partial charge in [0.25, 0.3) is 0 Å². The fourth-order valence-electron chi connectivity index (χ4n) is 1.11. The summed E-state index contributed by atoms with van der Waals surface area (Å²) in [5.41, 5.74) is 6.36. The van der Waals surface area contributed by atoms with Crippen LogP contribution in [-0.2, 0) is 0 Å². The van der Waals surface area contributed by atoms with Crippen LogP contribution in [0, 0.1) is 10.1 Å². The average Bonchev–Trinajstić information content (AvgIpc) is 2.17. The molecular weight excluding hydrogens is 186 g/mol. The molecule has 1 aromatic rings. The summed E-state index contributed by atoms with van der Waals surface area (Å²) in [4.78, 5) is 10.0. The van der Waals surface area contributed by atoms with Crippen LogP contribution in [0.15, 0.2) is 12.1 Å². The van der Waals surface area contributed by atoms with Gasteiger partial charge < -0.3 is 15.8 Å². The molecule has 0 bridgehead atoms. The van der Waals surface area contributed by atoms with Crippen LogP contribution in [0.1, 0.15) is 0 Å². The maximum atomic E-state index is 10.6. The number of rotatable bonds is 3. The molecule has 0 aromatic heterocycles. The first kappa shape index (κ1) is 10.1. The third-order valence-electron chi connectivity index (χ3n) is 1.82. The zero-order valence-corrected chi connectivity index (χ0v) is 7.90. The van der Waals surface area contributed by atoms with Gasteiger partial charge in [-0.15, -0.1) is 0 Å². The summed E-state index contributed by atoms with van der Waals surface area (Å²) in [6.07, 6.45) is 0. The Bertz CT molecular complexity index is 365. The highest BCUT2D eigenvalue weighted by atomic mass is 16.6. The zero-order valence-electron chi connectivity index (χ0n) is 7.90. The largest absolute Gasteiger partial charge is 0.490 e. The first-order valence-corrected chi connectivity index (χ1v) is 3.89. The highest BCUT2D eigenvalue weighted by Gasteiger charge is 2.16. The smallest absolute Gasteiger partial charge is 0.313 e. The van der Waals surface area contributed by atoms with E-state index in [4.69, 9.17) is 10.5 Å². The predicted molar refractivity (Wildman–Crippen MR) is 53.6 cm³/mol.